The van der Waals surface area contributed by atoms with Crippen LogP contribution in [0.5, 0.6) is 0 Å². The van der Waals surface area contributed by atoms with E-state index >= 15 is 0 Å². The molecule has 0 saturated carbocycles. The van der Waals surface area contributed by atoms with Crippen LogP contribution in [-0.2, 0) is 9.47 Å². The first-order valence-electron chi connectivity index (χ1n) is 4.44. The molecule has 3 nitrogen and oxygen atoms in total. The minimum atomic E-state index is -0.227. The van der Waals surface area contributed by atoms with Crippen LogP contribution in [0.25, 0.3) is 0 Å². The van der Waals surface area contributed by atoms with Crippen molar-refractivity contribution < 1.29 is 14.6 Å². The van der Waals surface area contributed by atoms with Gasteiger partial charge >= 0.3 is 0 Å². The SMILES string of the molecule is CC(C)COC(C)O[C@@H](C)CO. The zero-order valence-electron chi connectivity index (χ0n) is 8.41. The van der Waals surface area contributed by atoms with E-state index in [1.54, 1.807) is 0 Å². The van der Waals surface area contributed by atoms with Crippen LogP contribution in [0.3, 0.4) is 0 Å². The van der Waals surface area contributed by atoms with Gasteiger partial charge in [-0.05, 0) is 19.8 Å². The number of hydrogen-bond acceptors (Lipinski definition) is 3. The average Bonchev–Trinajstić information content (AvgIpc) is 2.00. The summed E-state index contributed by atoms with van der Waals surface area (Å²) in [7, 11) is 0. The summed E-state index contributed by atoms with van der Waals surface area (Å²) in [6.45, 7) is 8.56. The van der Waals surface area contributed by atoms with Crippen molar-refractivity contribution in [2.45, 2.75) is 40.1 Å². The van der Waals surface area contributed by atoms with Crippen molar-refractivity contribution in [2.75, 3.05) is 13.2 Å². The Balaban J connectivity index is 3.39. The second-order valence-electron chi connectivity index (χ2n) is 3.42. The number of hydrogen-bond donors (Lipinski definition) is 1. The van der Waals surface area contributed by atoms with E-state index in [4.69, 9.17) is 14.6 Å². The fourth-order valence-corrected chi connectivity index (χ4v) is 0.737. The van der Waals surface area contributed by atoms with Gasteiger partial charge in [0.1, 0.15) is 0 Å². The summed E-state index contributed by atoms with van der Waals surface area (Å²) in [5, 5.41) is 8.68. The quantitative estimate of drug-likeness (QED) is 0.622. The van der Waals surface area contributed by atoms with Crippen LogP contribution in [0.2, 0.25) is 0 Å². The molecule has 0 aliphatic rings. The van der Waals surface area contributed by atoms with Crippen LogP contribution in [0.4, 0.5) is 0 Å². The van der Waals surface area contributed by atoms with Crippen molar-refractivity contribution in [3.63, 3.8) is 0 Å². The zero-order chi connectivity index (χ0) is 9.56. The summed E-state index contributed by atoms with van der Waals surface area (Å²) in [5.41, 5.74) is 0. The Morgan fingerprint density at radius 2 is 1.75 bits per heavy atom. The maximum Gasteiger partial charge on any atom is 0.155 e. The Morgan fingerprint density at radius 1 is 1.17 bits per heavy atom. The third-order valence-electron chi connectivity index (χ3n) is 1.35. The molecule has 0 rings (SSSR count). The summed E-state index contributed by atoms with van der Waals surface area (Å²) in [4.78, 5) is 0. The summed E-state index contributed by atoms with van der Waals surface area (Å²) >= 11 is 0. The van der Waals surface area contributed by atoms with Gasteiger partial charge < -0.3 is 14.6 Å². The highest BCUT2D eigenvalue weighted by Crippen LogP contribution is 2.02. The highest BCUT2D eigenvalue weighted by molar-refractivity contribution is 4.46. The molecule has 1 N–H and O–H groups in total. The highest BCUT2D eigenvalue weighted by atomic mass is 16.7. The minimum absolute atomic E-state index is 0.0371. The molecule has 0 spiro atoms. The number of aliphatic hydroxyl groups is 1. The largest absolute Gasteiger partial charge is 0.394 e. The molecule has 0 aliphatic heterocycles. The van der Waals surface area contributed by atoms with Crippen molar-refractivity contribution in [3.05, 3.63) is 0 Å². The van der Waals surface area contributed by atoms with Crippen molar-refractivity contribution in [3.8, 4) is 0 Å². The third-order valence-corrected chi connectivity index (χ3v) is 1.35. The van der Waals surface area contributed by atoms with Crippen molar-refractivity contribution >= 4 is 0 Å². The molecule has 74 valence electrons. The average molecular weight is 176 g/mol. The molecule has 2 atom stereocenters. The molecule has 0 aromatic carbocycles. The lowest BCUT2D eigenvalue weighted by molar-refractivity contribution is -0.167. The monoisotopic (exact) mass is 176 g/mol. The fraction of sp³-hybridized carbons (Fsp3) is 1.00. The number of ether oxygens (including phenoxy) is 2. The van der Waals surface area contributed by atoms with Crippen LogP contribution in [0.1, 0.15) is 27.7 Å². The van der Waals surface area contributed by atoms with Crippen LogP contribution >= 0.6 is 0 Å². The standard InChI is InChI=1S/C9H20O3/c1-7(2)6-11-9(4)12-8(3)5-10/h7-10H,5-6H2,1-4H3/t8-,9?/m0/s1. The smallest absolute Gasteiger partial charge is 0.155 e. The Morgan fingerprint density at radius 3 is 2.17 bits per heavy atom. The Kier molecular flexibility index (Phi) is 6.34. The molecular formula is C9H20O3. The lowest BCUT2D eigenvalue weighted by Gasteiger charge is -2.18. The van der Waals surface area contributed by atoms with E-state index in [0.29, 0.717) is 12.5 Å². The Bertz CT molecular complexity index is 104. The third kappa shape index (κ3) is 6.58. The maximum atomic E-state index is 8.68. The van der Waals surface area contributed by atoms with Crippen molar-refractivity contribution in [1.29, 1.82) is 0 Å². The van der Waals surface area contributed by atoms with Gasteiger partial charge in [0.25, 0.3) is 0 Å². The van der Waals surface area contributed by atoms with Gasteiger partial charge in [-0.15, -0.1) is 0 Å². The van der Waals surface area contributed by atoms with Crippen LogP contribution in [0, 0.1) is 5.92 Å². The van der Waals surface area contributed by atoms with E-state index in [1.807, 2.05) is 13.8 Å². The topological polar surface area (TPSA) is 38.7 Å². The molecule has 0 saturated heterocycles. The van der Waals surface area contributed by atoms with Crippen LogP contribution < -0.4 is 0 Å². The highest BCUT2D eigenvalue weighted by Gasteiger charge is 2.07. The normalized spacial score (nSPS) is 16.5. The molecule has 0 bridgehead atoms. The van der Waals surface area contributed by atoms with Gasteiger partial charge in [0.2, 0.25) is 0 Å². The molecule has 0 aromatic rings. The number of rotatable bonds is 6. The van der Waals surface area contributed by atoms with Crippen LogP contribution in [-0.4, -0.2) is 30.7 Å². The van der Waals surface area contributed by atoms with Crippen LogP contribution in [0.15, 0.2) is 0 Å². The lowest BCUT2D eigenvalue weighted by Crippen LogP contribution is -2.23. The summed E-state index contributed by atoms with van der Waals surface area (Å²) in [6.07, 6.45) is -0.373. The van der Waals surface area contributed by atoms with E-state index in [0.717, 1.165) is 0 Å². The molecular weight excluding hydrogens is 156 g/mol. The first kappa shape index (κ1) is 11.9. The summed E-state index contributed by atoms with van der Waals surface area (Å²) < 4.78 is 10.6. The van der Waals surface area contributed by atoms with E-state index in [9.17, 15) is 0 Å². The molecule has 3 heteroatoms. The zero-order valence-corrected chi connectivity index (χ0v) is 8.41. The van der Waals surface area contributed by atoms with Crippen molar-refractivity contribution in [1.82, 2.24) is 0 Å². The first-order valence-corrected chi connectivity index (χ1v) is 4.44. The van der Waals surface area contributed by atoms with Gasteiger partial charge in [0.05, 0.1) is 19.3 Å². The second-order valence-corrected chi connectivity index (χ2v) is 3.42. The fourth-order valence-electron chi connectivity index (χ4n) is 0.737. The Labute approximate surface area is 74.7 Å². The molecule has 0 heterocycles. The molecule has 0 aromatic heterocycles. The van der Waals surface area contributed by atoms with E-state index in [-0.39, 0.29) is 19.0 Å². The molecule has 0 fully saturated rings. The minimum Gasteiger partial charge on any atom is -0.394 e. The van der Waals surface area contributed by atoms with Gasteiger partial charge in [-0.2, -0.15) is 0 Å². The van der Waals surface area contributed by atoms with Gasteiger partial charge in [-0.25, -0.2) is 0 Å². The molecule has 0 amide bonds. The molecule has 1 unspecified atom stereocenters. The van der Waals surface area contributed by atoms with E-state index < -0.39 is 0 Å². The van der Waals surface area contributed by atoms with E-state index in [2.05, 4.69) is 13.8 Å². The molecule has 0 radical (unpaired) electrons. The Hall–Kier alpha value is -0.120. The second kappa shape index (κ2) is 6.40. The van der Waals surface area contributed by atoms with Gasteiger partial charge in [-0.1, -0.05) is 13.8 Å². The molecule has 0 aliphatic carbocycles. The van der Waals surface area contributed by atoms with Gasteiger partial charge in [-0.3, -0.25) is 0 Å². The lowest BCUT2D eigenvalue weighted by atomic mass is 10.2. The van der Waals surface area contributed by atoms with Gasteiger partial charge in [0, 0.05) is 0 Å². The van der Waals surface area contributed by atoms with E-state index in [1.165, 1.54) is 0 Å². The number of aliphatic hydroxyl groups excluding tert-OH is 1. The van der Waals surface area contributed by atoms with Crippen molar-refractivity contribution in [2.24, 2.45) is 5.92 Å². The summed E-state index contributed by atoms with van der Waals surface area (Å²) in [5.74, 6) is 0.514. The first-order chi connectivity index (χ1) is 5.56. The summed E-state index contributed by atoms with van der Waals surface area (Å²) in [6, 6.07) is 0. The predicted molar refractivity (Wildman–Crippen MR) is 47.9 cm³/mol. The van der Waals surface area contributed by atoms with Gasteiger partial charge in [0.15, 0.2) is 6.29 Å². The maximum absolute atomic E-state index is 8.68. The molecule has 12 heavy (non-hydrogen) atoms. The predicted octanol–water partition coefficient (Wildman–Crippen LogP) is 1.40.